The number of likely N-dealkylation sites (tertiary alicyclic amines) is 1. The molecule has 0 aromatic rings. The summed E-state index contributed by atoms with van der Waals surface area (Å²) in [6.45, 7) is 2.38. The van der Waals surface area contributed by atoms with Gasteiger partial charge in [-0.25, -0.2) is 0 Å². The van der Waals surface area contributed by atoms with Gasteiger partial charge in [-0.3, -0.25) is 4.79 Å². The topological polar surface area (TPSA) is 66.6 Å². The van der Waals surface area contributed by atoms with Gasteiger partial charge >= 0.3 is 6.18 Å². The molecule has 1 amide bonds. The minimum atomic E-state index is -4.59. The fourth-order valence-electron chi connectivity index (χ4n) is 2.37. The number of nitrogens with two attached hydrogens (primary N) is 1. The molecule has 0 bridgehead atoms. The summed E-state index contributed by atoms with van der Waals surface area (Å²) in [4.78, 5) is 13.4. The van der Waals surface area contributed by atoms with E-state index in [0.29, 0.717) is 6.42 Å². The molecular formula is C12H21F3N2O2. The van der Waals surface area contributed by atoms with E-state index < -0.39 is 24.2 Å². The van der Waals surface area contributed by atoms with E-state index in [9.17, 15) is 23.1 Å². The largest absolute Gasteiger partial charge is 0.414 e. The van der Waals surface area contributed by atoms with Crippen molar-refractivity contribution >= 4 is 5.91 Å². The third kappa shape index (κ3) is 4.35. The summed E-state index contributed by atoms with van der Waals surface area (Å²) >= 11 is 0. The molecule has 1 rings (SSSR count). The fourth-order valence-corrected chi connectivity index (χ4v) is 2.37. The highest BCUT2D eigenvalue weighted by atomic mass is 19.4. The zero-order valence-electron chi connectivity index (χ0n) is 11.0. The van der Waals surface area contributed by atoms with Crippen molar-refractivity contribution < 1.29 is 23.1 Å². The SMILES string of the molecule is CCCC(N)C(=O)N1CCC(C(O)C(F)(F)F)CC1. The molecule has 0 aliphatic carbocycles. The first-order valence-electron chi connectivity index (χ1n) is 6.56. The van der Waals surface area contributed by atoms with E-state index in [2.05, 4.69) is 0 Å². The smallest absolute Gasteiger partial charge is 0.383 e. The Morgan fingerprint density at radius 2 is 1.95 bits per heavy atom. The molecule has 0 spiro atoms. The zero-order valence-corrected chi connectivity index (χ0v) is 11.0. The summed E-state index contributed by atoms with van der Waals surface area (Å²) < 4.78 is 37.1. The van der Waals surface area contributed by atoms with Crippen LogP contribution in [0.15, 0.2) is 0 Å². The molecule has 2 atom stereocenters. The van der Waals surface area contributed by atoms with Crippen molar-refractivity contribution in [2.75, 3.05) is 13.1 Å². The van der Waals surface area contributed by atoms with Gasteiger partial charge in [-0.1, -0.05) is 13.3 Å². The van der Waals surface area contributed by atoms with Gasteiger partial charge in [0, 0.05) is 13.1 Å². The van der Waals surface area contributed by atoms with Crippen LogP contribution in [0.4, 0.5) is 13.2 Å². The third-order valence-electron chi connectivity index (χ3n) is 3.55. The van der Waals surface area contributed by atoms with Crippen LogP contribution in [0.3, 0.4) is 0 Å². The summed E-state index contributed by atoms with van der Waals surface area (Å²) in [7, 11) is 0. The van der Waals surface area contributed by atoms with Crippen LogP contribution in [0, 0.1) is 5.92 Å². The number of carbonyl (C=O) groups excluding carboxylic acids is 1. The lowest BCUT2D eigenvalue weighted by molar-refractivity contribution is -0.223. The predicted octanol–water partition coefficient (Wildman–Crippen LogP) is 1.28. The van der Waals surface area contributed by atoms with Crippen LogP contribution in [0.5, 0.6) is 0 Å². The minimum Gasteiger partial charge on any atom is -0.383 e. The minimum absolute atomic E-state index is 0.158. The Morgan fingerprint density at radius 1 is 1.42 bits per heavy atom. The lowest BCUT2D eigenvalue weighted by atomic mass is 9.90. The molecule has 112 valence electrons. The Balaban J connectivity index is 2.47. The maximum absolute atomic E-state index is 12.4. The normalized spacial score (nSPS) is 21.3. The maximum atomic E-state index is 12.4. The number of piperidine rings is 1. The van der Waals surface area contributed by atoms with E-state index in [4.69, 9.17) is 5.73 Å². The molecule has 1 aliphatic heterocycles. The van der Waals surface area contributed by atoms with Crippen LogP contribution in [0.25, 0.3) is 0 Å². The van der Waals surface area contributed by atoms with E-state index >= 15 is 0 Å². The maximum Gasteiger partial charge on any atom is 0.414 e. The fraction of sp³-hybridized carbons (Fsp3) is 0.917. The van der Waals surface area contributed by atoms with E-state index in [0.717, 1.165) is 6.42 Å². The van der Waals surface area contributed by atoms with Gasteiger partial charge in [-0.2, -0.15) is 13.2 Å². The number of halogens is 3. The van der Waals surface area contributed by atoms with E-state index in [1.807, 2.05) is 6.92 Å². The van der Waals surface area contributed by atoms with Gasteiger partial charge in [0.1, 0.15) is 0 Å². The summed E-state index contributed by atoms with van der Waals surface area (Å²) in [5.41, 5.74) is 5.70. The molecule has 4 nitrogen and oxygen atoms in total. The molecule has 1 heterocycles. The number of rotatable bonds is 4. The number of aliphatic hydroxyl groups is 1. The molecule has 1 fully saturated rings. The Bertz CT molecular complexity index is 302. The Morgan fingerprint density at radius 3 is 2.37 bits per heavy atom. The van der Waals surface area contributed by atoms with Crippen LogP contribution in [0.1, 0.15) is 32.6 Å². The molecule has 0 saturated carbocycles. The van der Waals surface area contributed by atoms with Gasteiger partial charge < -0.3 is 15.7 Å². The third-order valence-corrected chi connectivity index (χ3v) is 3.55. The van der Waals surface area contributed by atoms with Crippen LogP contribution in [-0.4, -0.2) is 47.3 Å². The first-order chi connectivity index (χ1) is 8.77. The van der Waals surface area contributed by atoms with Gasteiger partial charge in [0.15, 0.2) is 6.10 Å². The van der Waals surface area contributed by atoms with Gasteiger partial charge in [-0.15, -0.1) is 0 Å². The summed E-state index contributed by atoms with van der Waals surface area (Å²) in [5, 5.41) is 9.18. The lowest BCUT2D eigenvalue weighted by Crippen LogP contribution is -2.49. The molecular weight excluding hydrogens is 261 g/mol. The molecule has 3 N–H and O–H groups in total. The van der Waals surface area contributed by atoms with Crippen molar-refractivity contribution in [1.82, 2.24) is 4.90 Å². The zero-order chi connectivity index (χ0) is 14.6. The quantitative estimate of drug-likeness (QED) is 0.816. The van der Waals surface area contributed by atoms with Gasteiger partial charge in [0.25, 0.3) is 0 Å². The van der Waals surface area contributed by atoms with Gasteiger partial charge in [0.05, 0.1) is 6.04 Å². The summed E-state index contributed by atoms with van der Waals surface area (Å²) in [5.74, 6) is -1.03. The summed E-state index contributed by atoms with van der Waals surface area (Å²) in [6.07, 6.45) is -5.21. The average Bonchev–Trinajstić information content (AvgIpc) is 2.36. The highest BCUT2D eigenvalue weighted by Gasteiger charge is 2.44. The first-order valence-corrected chi connectivity index (χ1v) is 6.56. The first kappa shape index (κ1) is 16.2. The van der Waals surface area contributed by atoms with Crippen LogP contribution in [-0.2, 0) is 4.79 Å². The van der Waals surface area contributed by atoms with E-state index in [1.165, 1.54) is 4.90 Å². The lowest BCUT2D eigenvalue weighted by Gasteiger charge is -2.35. The highest BCUT2D eigenvalue weighted by Crippen LogP contribution is 2.31. The number of hydrogen-bond donors (Lipinski definition) is 2. The molecule has 0 aromatic heterocycles. The Labute approximate surface area is 110 Å². The van der Waals surface area contributed by atoms with Gasteiger partial charge in [-0.05, 0) is 25.2 Å². The molecule has 0 radical (unpaired) electrons. The molecule has 2 unspecified atom stereocenters. The molecule has 0 aromatic carbocycles. The number of nitrogens with zero attached hydrogens (tertiary/aromatic N) is 1. The second-order valence-corrected chi connectivity index (χ2v) is 5.04. The van der Waals surface area contributed by atoms with Crippen LogP contribution in [0.2, 0.25) is 0 Å². The molecule has 7 heteroatoms. The number of carbonyl (C=O) groups is 1. The van der Waals surface area contributed by atoms with Crippen molar-refractivity contribution in [3.05, 3.63) is 0 Å². The second kappa shape index (κ2) is 6.56. The van der Waals surface area contributed by atoms with E-state index in [-0.39, 0.29) is 31.8 Å². The summed E-state index contributed by atoms with van der Waals surface area (Å²) in [6, 6.07) is -0.575. The van der Waals surface area contributed by atoms with Crippen molar-refractivity contribution in [1.29, 1.82) is 0 Å². The van der Waals surface area contributed by atoms with Crippen molar-refractivity contribution in [2.24, 2.45) is 11.7 Å². The monoisotopic (exact) mass is 282 g/mol. The van der Waals surface area contributed by atoms with Gasteiger partial charge in [0.2, 0.25) is 5.91 Å². The second-order valence-electron chi connectivity index (χ2n) is 5.04. The number of hydrogen-bond acceptors (Lipinski definition) is 3. The standard InChI is InChI=1S/C12H21F3N2O2/c1-2-3-9(16)11(19)17-6-4-8(5-7-17)10(18)12(13,14)15/h8-10,18H,2-7,16H2,1H3. The predicted molar refractivity (Wildman–Crippen MR) is 64.2 cm³/mol. The Hall–Kier alpha value is -0.820. The number of amides is 1. The number of alkyl halides is 3. The van der Waals surface area contributed by atoms with Crippen LogP contribution >= 0.6 is 0 Å². The molecule has 1 saturated heterocycles. The molecule has 19 heavy (non-hydrogen) atoms. The average molecular weight is 282 g/mol. The van der Waals surface area contributed by atoms with E-state index in [1.54, 1.807) is 0 Å². The van der Waals surface area contributed by atoms with Crippen molar-refractivity contribution in [2.45, 2.75) is 50.9 Å². The molecule has 1 aliphatic rings. The highest BCUT2D eigenvalue weighted by molar-refractivity contribution is 5.81. The number of aliphatic hydroxyl groups excluding tert-OH is 1. The van der Waals surface area contributed by atoms with Crippen LogP contribution < -0.4 is 5.73 Å². The van der Waals surface area contributed by atoms with Crippen molar-refractivity contribution in [3.8, 4) is 0 Å². The Kier molecular flexibility index (Phi) is 5.61. The van der Waals surface area contributed by atoms with Crippen molar-refractivity contribution in [3.63, 3.8) is 0 Å².